The monoisotopic (exact) mass is 321 g/mol. The molecule has 0 atom stereocenters. The van der Waals surface area contributed by atoms with Crippen molar-refractivity contribution in [1.82, 2.24) is 4.57 Å². The van der Waals surface area contributed by atoms with Crippen molar-refractivity contribution in [3.8, 4) is 16.9 Å². The molecule has 0 amide bonds. The number of pyridine rings is 1. The van der Waals surface area contributed by atoms with E-state index in [0.29, 0.717) is 18.0 Å². The average molecular weight is 321 g/mol. The molecular weight excluding hydrogens is 304 g/mol. The minimum Gasteiger partial charge on any atom is -0.761 e. The van der Waals surface area contributed by atoms with Crippen molar-refractivity contribution >= 4 is 5.69 Å². The fraction of sp³-hybridized carbons (Fsp3) is 0.105. The molecule has 0 aliphatic rings. The van der Waals surface area contributed by atoms with Crippen molar-refractivity contribution in [1.29, 1.82) is 0 Å². The van der Waals surface area contributed by atoms with Crippen molar-refractivity contribution in [3.63, 3.8) is 0 Å². The molecule has 24 heavy (non-hydrogen) atoms. The van der Waals surface area contributed by atoms with Gasteiger partial charge in [-0.2, -0.15) is 0 Å². The summed E-state index contributed by atoms with van der Waals surface area (Å²) in [6.07, 6.45) is 1.76. The summed E-state index contributed by atoms with van der Waals surface area (Å²) < 4.78 is 7.08. The average Bonchev–Trinajstić information content (AvgIpc) is 2.63. The molecule has 1 aromatic heterocycles. The van der Waals surface area contributed by atoms with Gasteiger partial charge >= 0.3 is 0 Å². The Labute approximate surface area is 139 Å². The molecule has 0 spiro atoms. The van der Waals surface area contributed by atoms with Gasteiger partial charge in [0, 0.05) is 23.5 Å². The molecule has 0 unspecified atom stereocenters. The van der Waals surface area contributed by atoms with E-state index in [2.05, 4.69) is 0 Å². The predicted molar refractivity (Wildman–Crippen MR) is 95.2 cm³/mol. The molecule has 5 nitrogen and oxygen atoms in total. The molecule has 0 fully saturated rings. The van der Waals surface area contributed by atoms with Crippen LogP contribution in [0.25, 0.3) is 11.1 Å². The first-order valence-corrected chi connectivity index (χ1v) is 7.52. The third-order valence-electron chi connectivity index (χ3n) is 3.81. The zero-order valence-electron chi connectivity index (χ0n) is 13.2. The number of nitrogens with one attached hydrogen (secondary N) is 1. The molecule has 0 saturated carbocycles. The number of nitrogens with zero attached hydrogens (tertiary/aromatic N) is 1. The molecule has 0 aliphatic heterocycles. The van der Waals surface area contributed by atoms with Gasteiger partial charge in [-0.15, -0.1) is 0 Å². The highest BCUT2D eigenvalue weighted by molar-refractivity contribution is 5.74. The summed E-state index contributed by atoms with van der Waals surface area (Å²) in [5, 5.41) is 10.9. The molecule has 2 aromatic carbocycles. The number of anilines is 1. The van der Waals surface area contributed by atoms with Crippen LogP contribution in [0.3, 0.4) is 0 Å². The van der Waals surface area contributed by atoms with E-state index in [-0.39, 0.29) is 5.56 Å². The Morgan fingerprint density at radius 3 is 2.71 bits per heavy atom. The van der Waals surface area contributed by atoms with Crippen molar-refractivity contribution in [3.05, 3.63) is 88.0 Å². The highest BCUT2D eigenvalue weighted by Gasteiger charge is 2.08. The lowest BCUT2D eigenvalue weighted by Gasteiger charge is -2.14. The first-order valence-electron chi connectivity index (χ1n) is 7.52. The molecule has 1 heterocycles. The molecule has 0 radical (unpaired) electrons. The molecule has 3 rings (SSSR count). The quantitative estimate of drug-likeness (QED) is 0.731. The fourth-order valence-electron chi connectivity index (χ4n) is 2.62. The zero-order valence-corrected chi connectivity index (χ0v) is 13.2. The lowest BCUT2D eigenvalue weighted by molar-refractivity contribution is 0.416. The highest BCUT2D eigenvalue weighted by atomic mass is 16.5. The maximum Gasteiger partial charge on any atom is 0.250 e. The Morgan fingerprint density at radius 1 is 1.08 bits per heavy atom. The Balaban J connectivity index is 2.02. The van der Waals surface area contributed by atoms with Crippen molar-refractivity contribution in [2.24, 2.45) is 0 Å². The lowest BCUT2D eigenvalue weighted by atomic mass is 10.0. The number of rotatable bonds is 5. The third-order valence-corrected chi connectivity index (χ3v) is 3.81. The van der Waals surface area contributed by atoms with E-state index in [1.54, 1.807) is 36.1 Å². The zero-order chi connectivity index (χ0) is 16.9. The molecule has 0 saturated heterocycles. The van der Waals surface area contributed by atoms with Gasteiger partial charge < -0.3 is 20.0 Å². The predicted octanol–water partition coefficient (Wildman–Crippen LogP) is 3.48. The summed E-state index contributed by atoms with van der Waals surface area (Å²) in [6.45, 7) is 0.468. The maximum atomic E-state index is 11.9. The largest absolute Gasteiger partial charge is 0.761 e. The SMILES string of the molecule is COc1ccc(Cn2ccccc2=O)cc1-c1cccc(N[O-])c1. The van der Waals surface area contributed by atoms with Gasteiger partial charge in [-0.3, -0.25) is 4.79 Å². The second-order valence-corrected chi connectivity index (χ2v) is 5.38. The molecule has 0 aliphatic carbocycles. The molecular formula is C19H17N2O3-. The minimum atomic E-state index is -0.0487. The summed E-state index contributed by atoms with van der Waals surface area (Å²) in [6, 6.07) is 18.1. The summed E-state index contributed by atoms with van der Waals surface area (Å²) in [4.78, 5) is 11.9. The van der Waals surface area contributed by atoms with Crippen LogP contribution in [0.1, 0.15) is 5.56 Å². The first-order chi connectivity index (χ1) is 11.7. The molecule has 5 heteroatoms. The van der Waals surface area contributed by atoms with Gasteiger partial charge in [-0.25, -0.2) is 0 Å². The van der Waals surface area contributed by atoms with Crippen LogP contribution in [-0.2, 0) is 6.54 Å². The molecule has 3 aromatic rings. The number of benzene rings is 2. The summed E-state index contributed by atoms with van der Waals surface area (Å²) in [7, 11) is 1.61. The number of ether oxygens (including phenoxy) is 1. The van der Waals surface area contributed by atoms with Gasteiger partial charge in [0.1, 0.15) is 5.75 Å². The van der Waals surface area contributed by atoms with E-state index in [9.17, 15) is 10.0 Å². The summed E-state index contributed by atoms with van der Waals surface area (Å²) in [5.41, 5.74) is 5.05. The minimum absolute atomic E-state index is 0.0487. The molecule has 122 valence electrons. The Kier molecular flexibility index (Phi) is 4.63. The van der Waals surface area contributed by atoms with Crippen LogP contribution in [0.2, 0.25) is 0 Å². The lowest BCUT2D eigenvalue weighted by Crippen LogP contribution is -2.18. The second-order valence-electron chi connectivity index (χ2n) is 5.38. The fourth-order valence-corrected chi connectivity index (χ4v) is 2.62. The van der Waals surface area contributed by atoms with E-state index in [1.807, 2.05) is 41.9 Å². The third kappa shape index (κ3) is 3.31. The Morgan fingerprint density at radius 2 is 1.96 bits per heavy atom. The number of hydrogen-bond acceptors (Lipinski definition) is 4. The van der Waals surface area contributed by atoms with Crippen LogP contribution in [0.4, 0.5) is 5.69 Å². The standard InChI is InChI=1S/C19H17N2O3/c1-24-18-9-8-14(13-21-10-3-2-7-19(21)22)11-17(18)15-5-4-6-16(12-15)20-23/h2-12,20H,13H2,1H3/q-1. The molecule has 0 bridgehead atoms. The van der Waals surface area contributed by atoms with Crippen molar-refractivity contribution in [2.45, 2.75) is 6.54 Å². The van der Waals surface area contributed by atoms with Gasteiger partial charge in [0.15, 0.2) is 0 Å². The van der Waals surface area contributed by atoms with Crippen LogP contribution in [0, 0.1) is 5.21 Å². The highest BCUT2D eigenvalue weighted by Crippen LogP contribution is 2.32. The van der Waals surface area contributed by atoms with E-state index in [0.717, 1.165) is 16.7 Å². The van der Waals surface area contributed by atoms with Crippen molar-refractivity contribution < 1.29 is 4.74 Å². The van der Waals surface area contributed by atoms with Crippen LogP contribution < -0.4 is 15.8 Å². The van der Waals surface area contributed by atoms with E-state index >= 15 is 0 Å². The van der Waals surface area contributed by atoms with Gasteiger partial charge in [-0.1, -0.05) is 24.3 Å². The van der Waals surface area contributed by atoms with Gasteiger partial charge in [0.25, 0.3) is 5.56 Å². The summed E-state index contributed by atoms with van der Waals surface area (Å²) >= 11 is 0. The van der Waals surface area contributed by atoms with Crippen LogP contribution in [-0.4, -0.2) is 11.7 Å². The first kappa shape index (κ1) is 15.8. The normalized spacial score (nSPS) is 10.4. The van der Waals surface area contributed by atoms with Crippen LogP contribution in [0.15, 0.2) is 71.7 Å². The van der Waals surface area contributed by atoms with Gasteiger partial charge in [-0.05, 0) is 41.5 Å². The molecule has 1 N–H and O–H groups in total. The van der Waals surface area contributed by atoms with Crippen molar-refractivity contribution in [2.75, 3.05) is 12.6 Å². The number of hydrogen-bond donors (Lipinski definition) is 1. The van der Waals surface area contributed by atoms with Gasteiger partial charge in [0.05, 0.1) is 13.7 Å². The second kappa shape index (κ2) is 7.02. The smallest absolute Gasteiger partial charge is 0.250 e. The van der Waals surface area contributed by atoms with E-state index in [4.69, 9.17) is 4.74 Å². The number of methoxy groups -OCH3 is 1. The van der Waals surface area contributed by atoms with Gasteiger partial charge in [0.2, 0.25) is 0 Å². The Bertz CT molecular complexity index is 903. The van der Waals surface area contributed by atoms with Crippen LogP contribution >= 0.6 is 0 Å². The van der Waals surface area contributed by atoms with E-state index in [1.165, 1.54) is 6.07 Å². The van der Waals surface area contributed by atoms with E-state index < -0.39 is 0 Å². The Hall–Kier alpha value is -3.05. The summed E-state index contributed by atoms with van der Waals surface area (Å²) in [5.74, 6) is 0.710. The topological polar surface area (TPSA) is 66.3 Å². The number of aromatic nitrogens is 1. The van der Waals surface area contributed by atoms with Crippen LogP contribution in [0.5, 0.6) is 5.75 Å². The maximum absolute atomic E-state index is 11.9.